The molecule has 3 rings (SSSR count). The Balaban J connectivity index is 1.57. The van der Waals surface area contributed by atoms with E-state index < -0.39 is 11.7 Å². The minimum absolute atomic E-state index is 0.123. The lowest BCUT2D eigenvalue weighted by Gasteiger charge is -2.39. The van der Waals surface area contributed by atoms with Gasteiger partial charge in [-0.25, -0.2) is 0 Å². The predicted octanol–water partition coefficient (Wildman–Crippen LogP) is 2.89. The summed E-state index contributed by atoms with van der Waals surface area (Å²) in [6.45, 7) is 4.30. The number of hydrogen-bond acceptors (Lipinski definition) is 5. The number of piperidine rings is 1. The quantitative estimate of drug-likeness (QED) is 0.698. The molecule has 0 aromatic heterocycles. The molecule has 1 atom stereocenters. The number of phenols is 1. The number of phenolic OH excluding ortho intramolecular Hbond substituents is 1. The minimum Gasteiger partial charge on any atom is -0.508 e. The van der Waals surface area contributed by atoms with Crippen LogP contribution >= 0.6 is 0 Å². The second kappa shape index (κ2) is 8.74. The Hall–Kier alpha value is -2.08. The zero-order valence-corrected chi connectivity index (χ0v) is 15.8. The number of aromatic hydroxyl groups is 1. The van der Waals surface area contributed by atoms with E-state index in [4.69, 9.17) is 4.74 Å². The molecular formula is C22H29NO4. The first-order valence-corrected chi connectivity index (χ1v) is 9.61. The van der Waals surface area contributed by atoms with E-state index in [-0.39, 0.29) is 5.75 Å². The number of β-amino-alcohol motifs (C(OH)–C–C–N with tert-alkyl or cyclic N) is 1. The molecule has 5 heteroatoms. The average Bonchev–Trinajstić information content (AvgIpc) is 2.65. The summed E-state index contributed by atoms with van der Waals surface area (Å²) in [7, 11) is 0. The van der Waals surface area contributed by atoms with Gasteiger partial charge >= 0.3 is 0 Å². The summed E-state index contributed by atoms with van der Waals surface area (Å²) in [5, 5.41) is 31.2. The van der Waals surface area contributed by atoms with Crippen LogP contribution in [0.1, 0.15) is 37.0 Å². The number of likely N-dealkylation sites (tertiary alicyclic amines) is 1. The number of nitrogens with zero attached hydrogens (tertiary/aromatic N) is 1. The van der Waals surface area contributed by atoms with Gasteiger partial charge in [0.05, 0.1) is 18.3 Å². The van der Waals surface area contributed by atoms with Crippen LogP contribution in [0, 0.1) is 0 Å². The topological polar surface area (TPSA) is 73.2 Å². The van der Waals surface area contributed by atoms with Gasteiger partial charge in [-0.15, -0.1) is 0 Å². The van der Waals surface area contributed by atoms with Crippen molar-refractivity contribution in [3.63, 3.8) is 0 Å². The van der Waals surface area contributed by atoms with E-state index in [2.05, 4.69) is 4.90 Å². The van der Waals surface area contributed by atoms with Crippen LogP contribution in [-0.4, -0.2) is 52.1 Å². The molecule has 3 N–H and O–H groups in total. The molecule has 0 spiro atoms. The molecule has 5 nitrogen and oxygen atoms in total. The molecule has 0 bridgehead atoms. The fourth-order valence-corrected chi connectivity index (χ4v) is 3.73. The van der Waals surface area contributed by atoms with Crippen LogP contribution in [0.25, 0.3) is 0 Å². The monoisotopic (exact) mass is 371 g/mol. The maximum Gasteiger partial charge on any atom is 0.128 e. The lowest BCUT2D eigenvalue weighted by Crippen LogP contribution is -2.46. The van der Waals surface area contributed by atoms with Crippen molar-refractivity contribution in [2.75, 3.05) is 26.2 Å². The number of aliphatic hydroxyl groups is 2. The first-order valence-electron chi connectivity index (χ1n) is 9.61. The normalized spacial score (nSPS) is 18.2. The molecule has 0 unspecified atom stereocenters. The van der Waals surface area contributed by atoms with Crippen molar-refractivity contribution in [2.24, 2.45) is 0 Å². The molecule has 0 saturated carbocycles. The van der Waals surface area contributed by atoms with E-state index in [0.29, 0.717) is 43.7 Å². The molecule has 1 heterocycles. The van der Waals surface area contributed by atoms with Gasteiger partial charge in [0.25, 0.3) is 0 Å². The van der Waals surface area contributed by atoms with E-state index in [1.807, 2.05) is 37.3 Å². The summed E-state index contributed by atoms with van der Waals surface area (Å²) in [6, 6.07) is 14.9. The van der Waals surface area contributed by atoms with Gasteiger partial charge in [-0.3, -0.25) is 0 Å². The summed E-state index contributed by atoms with van der Waals surface area (Å²) >= 11 is 0. The summed E-state index contributed by atoms with van der Waals surface area (Å²) in [5.41, 5.74) is 1.15. The number of hydrogen-bond donors (Lipinski definition) is 3. The standard InChI is InChI=1S/C22H29NO4/c1-2-27-21-14-18(24)8-9-19(21)20(25)16-23-12-10-22(26,11-13-23)15-17-6-4-3-5-7-17/h3-9,14,20,24-26H,2,10-13,15-16H2,1H3/t20-/m1/s1. The Labute approximate surface area is 160 Å². The summed E-state index contributed by atoms with van der Waals surface area (Å²) < 4.78 is 5.55. The molecule has 1 saturated heterocycles. The third-order valence-electron chi connectivity index (χ3n) is 5.25. The fraction of sp³-hybridized carbons (Fsp3) is 0.455. The lowest BCUT2D eigenvalue weighted by atomic mass is 9.85. The van der Waals surface area contributed by atoms with Crippen LogP contribution in [0.15, 0.2) is 48.5 Å². The Morgan fingerprint density at radius 3 is 2.48 bits per heavy atom. The molecule has 0 aliphatic carbocycles. The van der Waals surface area contributed by atoms with E-state index >= 15 is 0 Å². The molecule has 146 valence electrons. The van der Waals surface area contributed by atoms with Crippen LogP contribution in [0.4, 0.5) is 0 Å². The van der Waals surface area contributed by atoms with Gasteiger partial charge < -0.3 is 25.0 Å². The van der Waals surface area contributed by atoms with E-state index in [9.17, 15) is 15.3 Å². The number of aliphatic hydroxyl groups excluding tert-OH is 1. The first kappa shape index (κ1) is 19.7. The molecule has 1 aliphatic heterocycles. The van der Waals surface area contributed by atoms with Crippen LogP contribution < -0.4 is 4.74 Å². The average molecular weight is 371 g/mol. The van der Waals surface area contributed by atoms with Crippen molar-refractivity contribution in [2.45, 2.75) is 37.9 Å². The largest absolute Gasteiger partial charge is 0.508 e. The van der Waals surface area contributed by atoms with Crippen molar-refractivity contribution in [1.82, 2.24) is 4.90 Å². The molecule has 2 aromatic rings. The van der Waals surface area contributed by atoms with E-state index in [1.54, 1.807) is 12.1 Å². The second-order valence-electron chi connectivity index (χ2n) is 7.36. The summed E-state index contributed by atoms with van der Waals surface area (Å²) in [5.74, 6) is 0.640. The highest BCUT2D eigenvalue weighted by molar-refractivity contribution is 5.41. The van der Waals surface area contributed by atoms with Crippen molar-refractivity contribution in [3.05, 3.63) is 59.7 Å². The van der Waals surface area contributed by atoms with Crippen LogP contribution in [0.3, 0.4) is 0 Å². The van der Waals surface area contributed by atoms with Gasteiger partial charge in [-0.05, 0) is 37.5 Å². The third kappa shape index (κ3) is 5.22. The predicted molar refractivity (Wildman–Crippen MR) is 105 cm³/mol. The Morgan fingerprint density at radius 1 is 1.11 bits per heavy atom. The molecule has 0 amide bonds. The molecule has 27 heavy (non-hydrogen) atoms. The van der Waals surface area contributed by atoms with Crippen molar-refractivity contribution >= 4 is 0 Å². The van der Waals surface area contributed by atoms with Crippen molar-refractivity contribution in [3.8, 4) is 11.5 Å². The molecule has 0 radical (unpaired) electrons. The number of benzene rings is 2. The van der Waals surface area contributed by atoms with Gasteiger partial charge in [0.2, 0.25) is 0 Å². The maximum absolute atomic E-state index is 10.9. The molecule has 1 fully saturated rings. The van der Waals surface area contributed by atoms with Gasteiger partial charge in [0, 0.05) is 37.7 Å². The van der Waals surface area contributed by atoms with Crippen molar-refractivity contribution < 1.29 is 20.1 Å². The minimum atomic E-state index is -0.701. The second-order valence-corrected chi connectivity index (χ2v) is 7.36. The third-order valence-corrected chi connectivity index (χ3v) is 5.25. The Bertz CT molecular complexity index is 726. The number of ether oxygens (including phenoxy) is 1. The Kier molecular flexibility index (Phi) is 6.37. The molecular weight excluding hydrogens is 342 g/mol. The summed E-state index contributed by atoms with van der Waals surface area (Å²) in [6.07, 6.45) is 1.33. The van der Waals surface area contributed by atoms with Gasteiger partial charge in [-0.1, -0.05) is 30.3 Å². The number of rotatable bonds is 7. The lowest BCUT2D eigenvalue weighted by molar-refractivity contribution is -0.0296. The van der Waals surface area contributed by atoms with Gasteiger partial charge in [-0.2, -0.15) is 0 Å². The fourth-order valence-electron chi connectivity index (χ4n) is 3.73. The molecule has 2 aromatic carbocycles. The van der Waals surface area contributed by atoms with Crippen LogP contribution in [0.2, 0.25) is 0 Å². The zero-order valence-electron chi connectivity index (χ0n) is 15.8. The van der Waals surface area contributed by atoms with Crippen LogP contribution in [0.5, 0.6) is 11.5 Å². The smallest absolute Gasteiger partial charge is 0.128 e. The molecule has 1 aliphatic rings. The first-order chi connectivity index (χ1) is 13.0. The van der Waals surface area contributed by atoms with Gasteiger partial charge in [0.15, 0.2) is 0 Å². The van der Waals surface area contributed by atoms with Gasteiger partial charge in [0.1, 0.15) is 11.5 Å². The zero-order chi connectivity index (χ0) is 19.3. The summed E-state index contributed by atoms with van der Waals surface area (Å²) in [4.78, 5) is 2.17. The van der Waals surface area contributed by atoms with E-state index in [0.717, 1.165) is 18.7 Å². The Morgan fingerprint density at radius 2 is 1.81 bits per heavy atom. The van der Waals surface area contributed by atoms with E-state index in [1.165, 1.54) is 6.07 Å². The maximum atomic E-state index is 10.9. The van der Waals surface area contributed by atoms with Crippen LogP contribution in [-0.2, 0) is 6.42 Å². The highest BCUT2D eigenvalue weighted by Crippen LogP contribution is 2.32. The highest BCUT2D eigenvalue weighted by atomic mass is 16.5. The van der Waals surface area contributed by atoms with Crippen molar-refractivity contribution in [1.29, 1.82) is 0 Å². The highest BCUT2D eigenvalue weighted by Gasteiger charge is 2.33. The SMILES string of the molecule is CCOc1cc(O)ccc1[C@H](O)CN1CCC(O)(Cc2ccccc2)CC1.